The molecule has 2 aromatic carbocycles. The lowest BCUT2D eigenvalue weighted by Gasteiger charge is -2.13. The molecule has 0 amide bonds. The third-order valence-electron chi connectivity index (χ3n) is 2.73. The number of nitriles is 2. The molecular formula is C15H9BrFN3. The van der Waals surface area contributed by atoms with Gasteiger partial charge in [0.2, 0.25) is 0 Å². The van der Waals surface area contributed by atoms with E-state index in [1.165, 1.54) is 18.2 Å². The first-order chi connectivity index (χ1) is 9.63. The van der Waals surface area contributed by atoms with Gasteiger partial charge in [0, 0.05) is 10.2 Å². The molecule has 0 aliphatic rings. The number of benzene rings is 2. The predicted octanol–water partition coefficient (Wildman–Crippen LogP) is 4.14. The molecule has 0 aliphatic heterocycles. The molecule has 0 spiro atoms. The third kappa shape index (κ3) is 3.14. The van der Waals surface area contributed by atoms with Crippen LogP contribution in [0, 0.1) is 28.5 Å². The molecular weight excluding hydrogens is 321 g/mol. The molecule has 0 fully saturated rings. The number of rotatable bonds is 3. The highest BCUT2D eigenvalue weighted by atomic mass is 79.9. The summed E-state index contributed by atoms with van der Waals surface area (Å²) < 4.78 is 14.2. The Morgan fingerprint density at radius 2 is 1.80 bits per heavy atom. The van der Waals surface area contributed by atoms with Crippen molar-refractivity contribution in [2.24, 2.45) is 0 Å². The van der Waals surface area contributed by atoms with Crippen LogP contribution in [-0.2, 0) is 0 Å². The molecule has 3 nitrogen and oxygen atoms in total. The summed E-state index contributed by atoms with van der Waals surface area (Å²) in [4.78, 5) is 0. The molecule has 1 N–H and O–H groups in total. The highest BCUT2D eigenvalue weighted by molar-refractivity contribution is 9.10. The third-order valence-corrected chi connectivity index (χ3v) is 3.26. The summed E-state index contributed by atoms with van der Waals surface area (Å²) >= 11 is 3.33. The molecule has 0 aromatic heterocycles. The monoisotopic (exact) mass is 329 g/mol. The molecule has 1 atom stereocenters. The summed E-state index contributed by atoms with van der Waals surface area (Å²) in [6.07, 6.45) is 0. The van der Waals surface area contributed by atoms with Gasteiger partial charge in [-0.1, -0.05) is 22.0 Å². The van der Waals surface area contributed by atoms with Gasteiger partial charge in [-0.15, -0.1) is 0 Å². The fourth-order valence-corrected chi connectivity index (χ4v) is 1.98. The van der Waals surface area contributed by atoms with Crippen molar-refractivity contribution in [2.45, 2.75) is 6.04 Å². The fourth-order valence-electron chi connectivity index (χ4n) is 1.71. The zero-order valence-corrected chi connectivity index (χ0v) is 11.9. The molecule has 0 heterocycles. The lowest BCUT2D eigenvalue weighted by molar-refractivity contribution is 0.623. The Morgan fingerprint density at radius 3 is 2.40 bits per heavy atom. The van der Waals surface area contributed by atoms with Crippen LogP contribution in [0.15, 0.2) is 46.9 Å². The van der Waals surface area contributed by atoms with Gasteiger partial charge < -0.3 is 5.32 Å². The zero-order valence-electron chi connectivity index (χ0n) is 10.3. The Bertz CT molecular complexity index is 699. The molecule has 0 aliphatic carbocycles. The highest BCUT2D eigenvalue weighted by Crippen LogP contribution is 2.22. The van der Waals surface area contributed by atoms with Gasteiger partial charge in [0.05, 0.1) is 11.6 Å². The maximum Gasteiger partial charge on any atom is 0.140 e. The minimum Gasteiger partial charge on any atom is -0.366 e. The van der Waals surface area contributed by atoms with Gasteiger partial charge in [-0.2, -0.15) is 10.5 Å². The molecule has 20 heavy (non-hydrogen) atoms. The SMILES string of the molecule is N#Cc1cc(C(C#N)Nc2ccc(Br)cc2)ccc1F. The van der Waals surface area contributed by atoms with Crippen molar-refractivity contribution in [2.75, 3.05) is 5.32 Å². The molecule has 0 radical (unpaired) electrons. The average Bonchev–Trinajstić information content (AvgIpc) is 2.47. The van der Waals surface area contributed by atoms with Crippen LogP contribution in [0.4, 0.5) is 10.1 Å². The largest absolute Gasteiger partial charge is 0.366 e. The molecule has 0 bridgehead atoms. The summed E-state index contributed by atoms with van der Waals surface area (Å²) in [6.45, 7) is 0. The number of nitrogens with one attached hydrogen (secondary N) is 1. The maximum absolute atomic E-state index is 13.3. The molecule has 5 heteroatoms. The van der Waals surface area contributed by atoms with E-state index in [0.29, 0.717) is 5.56 Å². The summed E-state index contributed by atoms with van der Waals surface area (Å²) in [7, 11) is 0. The highest BCUT2D eigenvalue weighted by Gasteiger charge is 2.13. The number of halogens is 2. The Kier molecular flexibility index (Phi) is 4.34. The predicted molar refractivity (Wildman–Crippen MR) is 77.2 cm³/mol. The van der Waals surface area contributed by atoms with Crippen molar-refractivity contribution in [3.8, 4) is 12.1 Å². The molecule has 2 rings (SSSR count). The summed E-state index contributed by atoms with van der Waals surface area (Å²) in [5.74, 6) is -0.586. The van der Waals surface area contributed by atoms with E-state index in [1.54, 1.807) is 6.07 Å². The van der Waals surface area contributed by atoms with Crippen molar-refractivity contribution >= 4 is 21.6 Å². The van der Waals surface area contributed by atoms with E-state index in [1.807, 2.05) is 24.3 Å². The topological polar surface area (TPSA) is 59.6 Å². The second-order valence-corrected chi connectivity index (χ2v) is 4.98. The lowest BCUT2D eigenvalue weighted by atomic mass is 10.0. The minimum atomic E-state index is -0.649. The first-order valence-corrected chi connectivity index (χ1v) is 6.54. The smallest absolute Gasteiger partial charge is 0.140 e. The van der Waals surface area contributed by atoms with Gasteiger partial charge >= 0.3 is 0 Å². The fraction of sp³-hybridized carbons (Fsp3) is 0.0667. The van der Waals surface area contributed by atoms with Gasteiger partial charge in [-0.05, 0) is 42.0 Å². The Hall–Kier alpha value is -2.37. The molecule has 98 valence electrons. The number of anilines is 1. The van der Waals surface area contributed by atoms with Crippen LogP contribution in [0.1, 0.15) is 17.2 Å². The first-order valence-electron chi connectivity index (χ1n) is 5.75. The Morgan fingerprint density at radius 1 is 1.10 bits per heavy atom. The maximum atomic E-state index is 13.3. The molecule has 1 unspecified atom stereocenters. The van der Waals surface area contributed by atoms with E-state index in [2.05, 4.69) is 27.3 Å². The Labute approximate surface area is 124 Å². The van der Waals surface area contributed by atoms with Crippen LogP contribution in [-0.4, -0.2) is 0 Å². The van der Waals surface area contributed by atoms with Gasteiger partial charge in [0.15, 0.2) is 0 Å². The van der Waals surface area contributed by atoms with Gasteiger partial charge in [-0.3, -0.25) is 0 Å². The van der Waals surface area contributed by atoms with Crippen LogP contribution >= 0.6 is 15.9 Å². The van der Waals surface area contributed by atoms with Crippen molar-refractivity contribution in [3.05, 3.63) is 63.9 Å². The van der Waals surface area contributed by atoms with E-state index in [0.717, 1.165) is 10.2 Å². The van der Waals surface area contributed by atoms with Crippen LogP contribution in [0.2, 0.25) is 0 Å². The van der Waals surface area contributed by atoms with E-state index >= 15 is 0 Å². The quantitative estimate of drug-likeness (QED) is 0.920. The van der Waals surface area contributed by atoms with Crippen LogP contribution in [0.25, 0.3) is 0 Å². The van der Waals surface area contributed by atoms with Crippen molar-refractivity contribution in [3.63, 3.8) is 0 Å². The molecule has 2 aromatic rings. The first kappa shape index (κ1) is 14.0. The van der Waals surface area contributed by atoms with Crippen LogP contribution < -0.4 is 5.32 Å². The second kappa shape index (κ2) is 6.18. The van der Waals surface area contributed by atoms with Crippen LogP contribution in [0.5, 0.6) is 0 Å². The van der Waals surface area contributed by atoms with Crippen molar-refractivity contribution in [1.82, 2.24) is 0 Å². The van der Waals surface area contributed by atoms with E-state index < -0.39 is 11.9 Å². The molecule has 0 saturated heterocycles. The minimum absolute atomic E-state index is 0.0691. The number of hydrogen-bond acceptors (Lipinski definition) is 3. The zero-order chi connectivity index (χ0) is 14.5. The van der Waals surface area contributed by atoms with Crippen molar-refractivity contribution < 1.29 is 4.39 Å². The van der Waals surface area contributed by atoms with E-state index in [-0.39, 0.29) is 5.56 Å². The summed E-state index contributed by atoms with van der Waals surface area (Å²) in [5, 5.41) is 21.1. The lowest BCUT2D eigenvalue weighted by Crippen LogP contribution is -2.09. The van der Waals surface area contributed by atoms with Crippen molar-refractivity contribution in [1.29, 1.82) is 10.5 Å². The molecule has 0 saturated carbocycles. The van der Waals surface area contributed by atoms with Gasteiger partial charge in [0.25, 0.3) is 0 Å². The van der Waals surface area contributed by atoms with Gasteiger partial charge in [0.1, 0.15) is 17.9 Å². The summed E-state index contributed by atoms with van der Waals surface area (Å²) in [6, 6.07) is 14.6. The van der Waals surface area contributed by atoms with E-state index in [9.17, 15) is 9.65 Å². The Balaban J connectivity index is 2.27. The van der Waals surface area contributed by atoms with E-state index in [4.69, 9.17) is 5.26 Å². The number of hydrogen-bond donors (Lipinski definition) is 1. The van der Waals surface area contributed by atoms with Gasteiger partial charge in [-0.25, -0.2) is 4.39 Å². The average molecular weight is 330 g/mol. The second-order valence-electron chi connectivity index (χ2n) is 4.06. The van der Waals surface area contributed by atoms with Crippen LogP contribution in [0.3, 0.4) is 0 Å². The number of nitrogens with zero attached hydrogens (tertiary/aromatic N) is 2. The summed E-state index contributed by atoms with van der Waals surface area (Å²) in [5.41, 5.74) is 1.25. The standard InChI is InChI=1S/C15H9BrFN3/c16-12-2-4-13(5-3-12)20-15(9-19)10-1-6-14(17)11(7-10)8-18/h1-7,15,20H. The normalized spacial score (nSPS) is 11.2.